The van der Waals surface area contributed by atoms with E-state index >= 15 is 0 Å². The van der Waals surface area contributed by atoms with E-state index in [4.69, 9.17) is 16.3 Å². The van der Waals surface area contributed by atoms with Gasteiger partial charge in [-0.15, -0.1) is 0 Å². The van der Waals surface area contributed by atoms with Gasteiger partial charge in [-0.3, -0.25) is 24.2 Å². The molecular formula is C30H26ClF2N5O4. The molecule has 1 saturated heterocycles. The van der Waals surface area contributed by atoms with Crippen LogP contribution >= 0.6 is 11.6 Å². The zero-order chi connectivity index (χ0) is 30.0. The fraction of sp³-hybridized carbons (Fsp3) is 0.300. The number of hydrogen-bond acceptors (Lipinski definition) is 6. The highest BCUT2D eigenvalue weighted by Gasteiger charge is 2.48. The number of nitrogens with zero attached hydrogens (tertiary/aromatic N) is 4. The molecule has 3 aromatic rings. The molecule has 1 aliphatic heterocycles. The lowest BCUT2D eigenvalue weighted by Gasteiger charge is -2.39. The minimum atomic E-state index is -2.88. The maximum Gasteiger partial charge on any atom is 0.252 e. The van der Waals surface area contributed by atoms with Gasteiger partial charge in [0.1, 0.15) is 23.7 Å². The highest BCUT2D eigenvalue weighted by atomic mass is 35.5. The monoisotopic (exact) mass is 593 g/mol. The van der Waals surface area contributed by atoms with Crippen molar-refractivity contribution in [2.24, 2.45) is 0 Å². The Balaban J connectivity index is 1.62. The molecule has 1 aliphatic carbocycles. The molecular weight excluding hydrogens is 568 g/mol. The number of carbonyl (C=O) groups excluding carboxylic acids is 3. The van der Waals surface area contributed by atoms with Gasteiger partial charge in [-0.1, -0.05) is 35.9 Å². The number of carbonyl (C=O) groups is 3. The molecule has 3 amide bonds. The number of nitrogens with one attached hydrogen (secondary N) is 1. The quantitative estimate of drug-likeness (QED) is 0.401. The molecule has 42 heavy (non-hydrogen) atoms. The Morgan fingerprint density at radius 3 is 2.64 bits per heavy atom. The third-order valence-electron chi connectivity index (χ3n) is 7.33. The second-order valence-electron chi connectivity index (χ2n) is 10.1. The Bertz CT molecular complexity index is 1570. The van der Waals surface area contributed by atoms with Gasteiger partial charge in [-0.05, 0) is 36.8 Å². The summed E-state index contributed by atoms with van der Waals surface area (Å²) in [6.07, 6.45) is 0.471. The summed E-state index contributed by atoms with van der Waals surface area (Å²) in [6.45, 7) is 0. The number of hydrogen-bond donors (Lipinski definition) is 1. The number of nitriles is 1. The van der Waals surface area contributed by atoms with Crippen LogP contribution in [0.25, 0.3) is 0 Å². The number of anilines is 2. The molecule has 1 saturated carbocycles. The van der Waals surface area contributed by atoms with Crippen molar-refractivity contribution in [1.29, 1.82) is 5.26 Å². The molecule has 2 atom stereocenters. The van der Waals surface area contributed by atoms with Gasteiger partial charge < -0.3 is 10.1 Å². The normalized spacial score (nSPS) is 18.5. The molecule has 0 spiro atoms. The van der Waals surface area contributed by atoms with Crippen molar-refractivity contribution < 1.29 is 27.9 Å². The first-order chi connectivity index (χ1) is 20.1. The second-order valence-corrected chi connectivity index (χ2v) is 10.5. The molecule has 5 rings (SSSR count). The number of alkyl halides is 2. The van der Waals surface area contributed by atoms with Gasteiger partial charge in [0.2, 0.25) is 11.8 Å². The van der Waals surface area contributed by atoms with Crippen molar-refractivity contribution in [3.63, 3.8) is 0 Å². The summed E-state index contributed by atoms with van der Waals surface area (Å²) in [7, 11) is 1.45. The summed E-state index contributed by atoms with van der Waals surface area (Å²) in [6, 6.07) is 14.5. The fourth-order valence-corrected chi connectivity index (χ4v) is 5.53. The molecule has 9 nitrogen and oxygen atoms in total. The van der Waals surface area contributed by atoms with Gasteiger partial charge in [0.05, 0.1) is 18.7 Å². The number of rotatable bonds is 8. The fourth-order valence-electron chi connectivity index (χ4n) is 5.29. The minimum Gasteiger partial charge on any atom is -0.497 e. The highest BCUT2D eigenvalue weighted by molar-refractivity contribution is 6.31. The molecule has 2 fully saturated rings. The molecule has 1 unspecified atom stereocenters. The predicted octanol–water partition coefficient (Wildman–Crippen LogP) is 4.80. The highest BCUT2D eigenvalue weighted by Crippen LogP contribution is 2.40. The number of ether oxygens (including phenoxy) is 1. The zero-order valence-electron chi connectivity index (χ0n) is 22.5. The van der Waals surface area contributed by atoms with E-state index in [2.05, 4.69) is 10.3 Å². The summed E-state index contributed by atoms with van der Waals surface area (Å²) in [5.41, 5.74) is 0.775. The van der Waals surface area contributed by atoms with Gasteiger partial charge >= 0.3 is 0 Å². The predicted molar refractivity (Wildman–Crippen MR) is 150 cm³/mol. The van der Waals surface area contributed by atoms with E-state index < -0.39 is 48.7 Å². The van der Waals surface area contributed by atoms with Crippen LogP contribution in [0.2, 0.25) is 5.02 Å². The van der Waals surface area contributed by atoms with E-state index in [0.717, 1.165) is 0 Å². The first kappa shape index (κ1) is 29.0. The van der Waals surface area contributed by atoms with E-state index in [1.54, 1.807) is 48.5 Å². The van der Waals surface area contributed by atoms with Crippen molar-refractivity contribution in [2.45, 2.75) is 49.7 Å². The Morgan fingerprint density at radius 2 is 1.95 bits per heavy atom. The summed E-state index contributed by atoms with van der Waals surface area (Å²) in [5, 5.41) is 12.2. The zero-order valence-corrected chi connectivity index (χ0v) is 23.2. The van der Waals surface area contributed by atoms with Crippen LogP contribution in [0, 0.1) is 11.3 Å². The summed E-state index contributed by atoms with van der Waals surface area (Å²) in [4.78, 5) is 48.3. The smallest absolute Gasteiger partial charge is 0.252 e. The van der Waals surface area contributed by atoms with E-state index in [1.807, 2.05) is 6.07 Å². The third kappa shape index (κ3) is 5.76. The molecule has 2 aliphatic rings. The number of halogens is 3. The Labute approximate surface area is 245 Å². The van der Waals surface area contributed by atoms with Crippen molar-refractivity contribution in [2.75, 3.05) is 16.9 Å². The minimum absolute atomic E-state index is 0.0287. The van der Waals surface area contributed by atoms with E-state index in [1.165, 1.54) is 35.2 Å². The second kappa shape index (κ2) is 11.7. The van der Waals surface area contributed by atoms with Gasteiger partial charge in [-0.25, -0.2) is 13.8 Å². The lowest BCUT2D eigenvalue weighted by atomic mass is 9.87. The standard InChI is InChI=1S/C30H26ClF2N5O4/c1-42-21-6-4-5-20(14-21)37(29(41)24-9-10-26(39)38(24)25-13-18(17-34)11-12-35-25)27(22-7-2-3-8-23(22)31)28(40)36-19-15-30(32,33)16-19/h2-8,11-14,19,24,27H,9-10,15-16H2,1H3,(H,36,40)/t24-,27?/m0/s1. The van der Waals surface area contributed by atoms with Crippen molar-refractivity contribution in [1.82, 2.24) is 10.3 Å². The SMILES string of the molecule is COc1cccc(N(C(=O)[C@@H]2CCC(=O)N2c2cc(C#N)ccn2)C(C(=O)NC2CC(F)(F)C2)c2ccccc2Cl)c1. The van der Waals surface area contributed by atoms with Gasteiger partial charge in [0.25, 0.3) is 11.8 Å². The average molecular weight is 594 g/mol. The lowest BCUT2D eigenvalue weighted by molar-refractivity contribution is -0.133. The number of pyridine rings is 1. The van der Waals surface area contributed by atoms with Gasteiger partial charge in [-0.2, -0.15) is 5.26 Å². The molecule has 1 N–H and O–H groups in total. The molecule has 2 aromatic carbocycles. The third-order valence-corrected chi connectivity index (χ3v) is 7.67. The first-order valence-electron chi connectivity index (χ1n) is 13.2. The average Bonchev–Trinajstić information content (AvgIpc) is 3.36. The lowest BCUT2D eigenvalue weighted by Crippen LogP contribution is -2.56. The summed E-state index contributed by atoms with van der Waals surface area (Å²) >= 11 is 6.56. The van der Waals surface area contributed by atoms with Crippen LogP contribution in [0.15, 0.2) is 66.9 Å². The van der Waals surface area contributed by atoms with E-state index in [0.29, 0.717) is 5.75 Å². The Kier molecular flexibility index (Phi) is 8.09. The van der Waals surface area contributed by atoms with Crippen LogP contribution in [0.3, 0.4) is 0 Å². The van der Waals surface area contributed by atoms with Crippen LogP contribution in [-0.4, -0.2) is 47.8 Å². The van der Waals surface area contributed by atoms with Gasteiger partial charge in [0.15, 0.2) is 0 Å². The topological polar surface area (TPSA) is 116 Å². The summed E-state index contributed by atoms with van der Waals surface area (Å²) in [5.74, 6) is -4.08. The maximum absolute atomic E-state index is 14.6. The van der Waals surface area contributed by atoms with Crippen LogP contribution < -0.4 is 19.9 Å². The Morgan fingerprint density at radius 1 is 1.19 bits per heavy atom. The molecule has 1 aromatic heterocycles. The molecule has 0 bridgehead atoms. The molecule has 2 heterocycles. The van der Waals surface area contributed by atoms with E-state index in [9.17, 15) is 28.4 Å². The van der Waals surface area contributed by atoms with Crippen LogP contribution in [0.1, 0.15) is 42.9 Å². The Hall–Kier alpha value is -4.56. The van der Waals surface area contributed by atoms with Crippen molar-refractivity contribution in [3.8, 4) is 11.8 Å². The molecule has 0 radical (unpaired) electrons. The maximum atomic E-state index is 14.6. The number of methoxy groups -OCH3 is 1. The van der Waals surface area contributed by atoms with Crippen LogP contribution in [0.4, 0.5) is 20.3 Å². The molecule has 216 valence electrons. The number of amides is 3. The van der Waals surface area contributed by atoms with Crippen molar-refractivity contribution in [3.05, 3.63) is 83.0 Å². The molecule has 12 heteroatoms. The van der Waals surface area contributed by atoms with Crippen LogP contribution in [0.5, 0.6) is 5.75 Å². The number of aromatic nitrogens is 1. The van der Waals surface area contributed by atoms with Gasteiger partial charge in [0, 0.05) is 53.8 Å². The number of benzene rings is 2. The van der Waals surface area contributed by atoms with Crippen LogP contribution in [-0.2, 0) is 14.4 Å². The summed E-state index contributed by atoms with van der Waals surface area (Å²) < 4.78 is 32.7. The first-order valence-corrected chi connectivity index (χ1v) is 13.6. The largest absolute Gasteiger partial charge is 0.497 e. The van der Waals surface area contributed by atoms with E-state index in [-0.39, 0.29) is 46.4 Å². The van der Waals surface area contributed by atoms with Crippen molar-refractivity contribution >= 4 is 40.8 Å².